The van der Waals surface area contributed by atoms with Gasteiger partial charge in [-0.15, -0.1) is 0 Å². The number of nitrogen functional groups attached to an aromatic ring is 1. The molecule has 25 heavy (non-hydrogen) atoms. The van der Waals surface area contributed by atoms with E-state index in [2.05, 4.69) is 32.2 Å². The van der Waals surface area contributed by atoms with Crippen molar-refractivity contribution in [2.24, 2.45) is 5.41 Å². The zero-order valence-electron chi connectivity index (χ0n) is 16.5. The Hall–Kier alpha value is -1.91. The van der Waals surface area contributed by atoms with Gasteiger partial charge in [-0.25, -0.2) is 4.79 Å². The Labute approximate surface area is 151 Å². The molecule has 5 heteroatoms. The van der Waals surface area contributed by atoms with Crippen molar-refractivity contribution in [2.45, 2.75) is 66.5 Å². The maximum Gasteiger partial charge on any atom is 0.410 e. The number of rotatable bonds is 3. The zero-order valence-corrected chi connectivity index (χ0v) is 16.5. The van der Waals surface area contributed by atoms with Crippen LogP contribution in [0.2, 0.25) is 0 Å². The van der Waals surface area contributed by atoms with Gasteiger partial charge in [-0.05, 0) is 62.3 Å². The summed E-state index contributed by atoms with van der Waals surface area (Å²) >= 11 is 0. The molecule has 140 valence electrons. The van der Waals surface area contributed by atoms with Crippen molar-refractivity contribution < 1.29 is 9.53 Å². The molecule has 0 radical (unpaired) electrons. The van der Waals surface area contributed by atoms with Gasteiger partial charge in [0.25, 0.3) is 0 Å². The van der Waals surface area contributed by atoms with Gasteiger partial charge in [-0.3, -0.25) is 0 Å². The Morgan fingerprint density at radius 3 is 2.48 bits per heavy atom. The highest BCUT2D eigenvalue weighted by atomic mass is 16.6. The van der Waals surface area contributed by atoms with E-state index in [0.29, 0.717) is 18.5 Å². The summed E-state index contributed by atoms with van der Waals surface area (Å²) in [7, 11) is 0. The lowest BCUT2D eigenvalue weighted by Crippen LogP contribution is -2.40. The number of nitrogens with two attached hydrogens (primary N) is 1. The first-order valence-electron chi connectivity index (χ1n) is 9.08. The van der Waals surface area contributed by atoms with Gasteiger partial charge in [0, 0.05) is 24.5 Å². The lowest BCUT2D eigenvalue weighted by molar-refractivity contribution is 0.0224. The Morgan fingerprint density at radius 1 is 1.20 bits per heavy atom. The van der Waals surface area contributed by atoms with Gasteiger partial charge in [-0.1, -0.05) is 20.8 Å². The van der Waals surface area contributed by atoms with Crippen LogP contribution in [0.15, 0.2) is 12.1 Å². The second kappa shape index (κ2) is 7.14. The fourth-order valence-corrected chi connectivity index (χ4v) is 2.92. The molecule has 1 amide bonds. The van der Waals surface area contributed by atoms with E-state index in [1.165, 1.54) is 5.56 Å². The molecule has 0 unspecified atom stereocenters. The molecule has 1 aromatic rings. The molecule has 1 heterocycles. The molecule has 0 aliphatic carbocycles. The number of fused-ring (bicyclic) bond motifs is 1. The molecule has 0 spiro atoms. The zero-order chi connectivity index (χ0) is 18.8. The van der Waals surface area contributed by atoms with E-state index in [-0.39, 0.29) is 6.09 Å². The number of carbonyl (C=O) groups excluding carboxylic acids is 1. The minimum absolute atomic E-state index is 0.274. The number of benzene rings is 1. The SMILES string of the molecule is CC(C)(C)CCNc1ccc(N)c2c1CCN(C(=O)OC(C)(C)C)C2. The minimum Gasteiger partial charge on any atom is -0.444 e. The largest absolute Gasteiger partial charge is 0.444 e. The Bertz CT molecular complexity index is 627. The highest BCUT2D eigenvalue weighted by Gasteiger charge is 2.28. The normalized spacial score (nSPS) is 14.9. The molecule has 0 saturated carbocycles. The first kappa shape index (κ1) is 19.4. The van der Waals surface area contributed by atoms with Crippen LogP contribution in [0.25, 0.3) is 0 Å². The number of nitrogens with zero attached hydrogens (tertiary/aromatic N) is 1. The van der Waals surface area contributed by atoms with Crippen LogP contribution in [-0.2, 0) is 17.7 Å². The summed E-state index contributed by atoms with van der Waals surface area (Å²) in [5.41, 5.74) is 10.2. The Balaban J connectivity index is 2.11. The number of hydrogen-bond acceptors (Lipinski definition) is 4. The highest BCUT2D eigenvalue weighted by Crippen LogP contribution is 2.32. The van der Waals surface area contributed by atoms with Gasteiger partial charge in [0.05, 0.1) is 6.54 Å². The third-order valence-electron chi connectivity index (χ3n) is 4.29. The third-order valence-corrected chi connectivity index (χ3v) is 4.29. The van der Waals surface area contributed by atoms with E-state index in [1.54, 1.807) is 4.90 Å². The molecule has 1 aliphatic heterocycles. The van der Waals surface area contributed by atoms with E-state index in [4.69, 9.17) is 10.5 Å². The van der Waals surface area contributed by atoms with Crippen LogP contribution < -0.4 is 11.1 Å². The maximum atomic E-state index is 12.3. The van der Waals surface area contributed by atoms with Gasteiger partial charge in [0.15, 0.2) is 0 Å². The summed E-state index contributed by atoms with van der Waals surface area (Å²) in [5, 5.41) is 3.55. The van der Waals surface area contributed by atoms with Crippen LogP contribution in [0, 0.1) is 5.41 Å². The average molecular weight is 348 g/mol. The number of hydrogen-bond donors (Lipinski definition) is 2. The number of nitrogens with one attached hydrogen (secondary N) is 1. The van der Waals surface area contributed by atoms with Gasteiger partial charge in [0.2, 0.25) is 0 Å². The summed E-state index contributed by atoms with van der Waals surface area (Å²) in [6, 6.07) is 3.98. The van der Waals surface area contributed by atoms with Gasteiger partial charge >= 0.3 is 6.09 Å². The average Bonchev–Trinajstić information content (AvgIpc) is 2.46. The first-order valence-corrected chi connectivity index (χ1v) is 9.08. The monoisotopic (exact) mass is 347 g/mol. The van der Waals surface area contributed by atoms with Crippen LogP contribution >= 0.6 is 0 Å². The molecule has 3 N–H and O–H groups in total. The van der Waals surface area contributed by atoms with E-state index in [9.17, 15) is 4.79 Å². The maximum absolute atomic E-state index is 12.3. The summed E-state index contributed by atoms with van der Waals surface area (Å²) in [6.07, 6.45) is 1.61. The number of carbonyl (C=O) groups is 1. The molecule has 1 aromatic carbocycles. The van der Waals surface area contributed by atoms with Crippen molar-refractivity contribution >= 4 is 17.5 Å². The highest BCUT2D eigenvalue weighted by molar-refractivity contribution is 5.71. The Kier molecular flexibility index (Phi) is 5.55. The van der Waals surface area contributed by atoms with Crippen LogP contribution in [-0.4, -0.2) is 29.7 Å². The lowest BCUT2D eigenvalue weighted by atomic mass is 9.92. The molecule has 0 aromatic heterocycles. The fraction of sp³-hybridized carbons (Fsp3) is 0.650. The molecular weight excluding hydrogens is 314 g/mol. The molecule has 0 atom stereocenters. The molecule has 5 nitrogen and oxygen atoms in total. The van der Waals surface area contributed by atoms with Crippen molar-refractivity contribution in [1.82, 2.24) is 4.90 Å². The molecule has 1 aliphatic rings. The molecule has 2 rings (SSSR count). The van der Waals surface area contributed by atoms with Gasteiger partial charge in [0.1, 0.15) is 5.60 Å². The van der Waals surface area contributed by atoms with Crippen LogP contribution in [0.5, 0.6) is 0 Å². The summed E-state index contributed by atoms with van der Waals surface area (Å²) in [6.45, 7) is 14.5. The van der Waals surface area contributed by atoms with Crippen molar-refractivity contribution in [1.29, 1.82) is 0 Å². The third kappa shape index (κ3) is 5.55. The van der Waals surface area contributed by atoms with Crippen LogP contribution in [0.3, 0.4) is 0 Å². The molecule has 0 bridgehead atoms. The minimum atomic E-state index is -0.487. The van der Waals surface area contributed by atoms with Crippen LogP contribution in [0.4, 0.5) is 16.2 Å². The fourth-order valence-electron chi connectivity index (χ4n) is 2.92. The summed E-state index contributed by atoms with van der Waals surface area (Å²) in [4.78, 5) is 14.1. The van der Waals surface area contributed by atoms with Crippen molar-refractivity contribution in [3.8, 4) is 0 Å². The smallest absolute Gasteiger partial charge is 0.410 e. The summed E-state index contributed by atoms with van der Waals surface area (Å²) in [5.74, 6) is 0. The standard InChI is InChI=1S/C20H33N3O2/c1-19(2,3)10-11-22-17-8-7-16(21)15-13-23(12-9-14(15)17)18(24)25-20(4,5)6/h7-8,22H,9-13,21H2,1-6H3. The van der Waals surface area contributed by atoms with Crippen molar-refractivity contribution in [3.63, 3.8) is 0 Å². The van der Waals surface area contributed by atoms with Gasteiger partial charge in [-0.2, -0.15) is 0 Å². The second-order valence-electron chi connectivity index (χ2n) is 9.05. The molecule has 0 saturated heterocycles. The van der Waals surface area contributed by atoms with E-state index < -0.39 is 5.60 Å². The predicted molar refractivity (Wildman–Crippen MR) is 104 cm³/mol. The van der Waals surface area contributed by atoms with Crippen molar-refractivity contribution in [3.05, 3.63) is 23.3 Å². The second-order valence-corrected chi connectivity index (χ2v) is 9.05. The molecule has 0 fully saturated rings. The number of ether oxygens (including phenoxy) is 1. The Morgan fingerprint density at radius 2 is 1.88 bits per heavy atom. The predicted octanol–water partition coefficient (Wildman–Crippen LogP) is 4.41. The quantitative estimate of drug-likeness (QED) is 0.795. The van der Waals surface area contributed by atoms with Gasteiger partial charge < -0.3 is 20.7 Å². The van der Waals surface area contributed by atoms with E-state index in [0.717, 1.165) is 36.3 Å². The lowest BCUT2D eigenvalue weighted by Gasteiger charge is -2.33. The topological polar surface area (TPSA) is 67.6 Å². The molecular formula is C20H33N3O2. The van der Waals surface area contributed by atoms with E-state index >= 15 is 0 Å². The number of anilines is 2. The van der Waals surface area contributed by atoms with E-state index in [1.807, 2.05) is 26.8 Å². The number of amides is 1. The first-order chi connectivity index (χ1) is 11.5. The van der Waals surface area contributed by atoms with Crippen molar-refractivity contribution in [2.75, 3.05) is 24.1 Å². The summed E-state index contributed by atoms with van der Waals surface area (Å²) < 4.78 is 5.50. The van der Waals surface area contributed by atoms with Crippen LogP contribution in [0.1, 0.15) is 59.1 Å².